The van der Waals surface area contributed by atoms with Crippen molar-refractivity contribution in [2.24, 2.45) is 0 Å². The van der Waals surface area contributed by atoms with Crippen LogP contribution < -0.4 is 4.74 Å². The van der Waals surface area contributed by atoms with Crippen LogP contribution >= 0.6 is 11.6 Å². The largest absolute Gasteiger partial charge is 0.439 e. The van der Waals surface area contributed by atoms with Crippen molar-refractivity contribution in [1.29, 1.82) is 0 Å². The Morgan fingerprint density at radius 1 is 1.29 bits per heavy atom. The van der Waals surface area contributed by atoms with Gasteiger partial charge in [0.1, 0.15) is 11.6 Å². The van der Waals surface area contributed by atoms with Crippen LogP contribution in [0.3, 0.4) is 0 Å². The molecule has 0 N–H and O–H groups in total. The molecule has 0 unspecified atom stereocenters. The van der Waals surface area contributed by atoms with E-state index in [1.165, 1.54) is 6.07 Å². The van der Waals surface area contributed by atoms with Gasteiger partial charge in [0.05, 0.1) is 11.6 Å². The molecule has 1 aromatic carbocycles. The molecule has 1 heterocycles. The van der Waals surface area contributed by atoms with Crippen molar-refractivity contribution in [3.8, 4) is 11.6 Å². The summed E-state index contributed by atoms with van der Waals surface area (Å²) < 4.78 is 18.6. The highest BCUT2D eigenvalue weighted by atomic mass is 35.5. The van der Waals surface area contributed by atoms with E-state index < -0.39 is 0 Å². The Hall–Kier alpha value is -1.61. The second-order valence-corrected chi connectivity index (χ2v) is 3.88. The quantitative estimate of drug-likeness (QED) is 0.768. The minimum atomic E-state index is -0.250. The number of halogens is 2. The lowest BCUT2D eigenvalue weighted by molar-refractivity contribution is 0.459. The number of nitrogens with zero attached hydrogens (tertiary/aromatic N) is 1. The summed E-state index contributed by atoms with van der Waals surface area (Å²) in [4.78, 5) is 4.19. The molecule has 0 radical (unpaired) electrons. The van der Waals surface area contributed by atoms with Crippen molar-refractivity contribution in [3.05, 3.63) is 53.5 Å². The summed E-state index contributed by atoms with van der Waals surface area (Å²) >= 11 is 5.68. The van der Waals surface area contributed by atoms with Gasteiger partial charge in [-0.1, -0.05) is 6.07 Å². The monoisotopic (exact) mass is 251 g/mol. The van der Waals surface area contributed by atoms with Gasteiger partial charge in [-0.15, -0.1) is 11.6 Å². The molecule has 0 bridgehead atoms. The average molecular weight is 252 g/mol. The van der Waals surface area contributed by atoms with E-state index in [2.05, 4.69) is 4.98 Å². The molecule has 0 fully saturated rings. The standard InChI is InChI=1S/C13H11ClFNO/c1-9-7-11(5-6-12(9)15)17-13-4-2-3-10(8-14)16-13/h2-7H,8H2,1H3. The van der Waals surface area contributed by atoms with E-state index in [0.29, 0.717) is 23.1 Å². The topological polar surface area (TPSA) is 22.1 Å². The first-order valence-corrected chi connectivity index (χ1v) is 5.68. The van der Waals surface area contributed by atoms with Crippen LogP contribution in [0.1, 0.15) is 11.3 Å². The van der Waals surface area contributed by atoms with E-state index in [1.54, 1.807) is 25.1 Å². The molecule has 0 amide bonds. The SMILES string of the molecule is Cc1cc(Oc2cccc(CCl)n2)ccc1F. The van der Waals surface area contributed by atoms with Gasteiger partial charge >= 0.3 is 0 Å². The van der Waals surface area contributed by atoms with Gasteiger partial charge in [-0.3, -0.25) is 0 Å². The summed E-state index contributed by atoms with van der Waals surface area (Å²) in [6, 6.07) is 9.93. The first-order chi connectivity index (χ1) is 8.19. The van der Waals surface area contributed by atoms with Gasteiger partial charge in [0.2, 0.25) is 5.88 Å². The van der Waals surface area contributed by atoms with E-state index in [4.69, 9.17) is 16.3 Å². The van der Waals surface area contributed by atoms with Crippen LogP contribution in [0, 0.1) is 12.7 Å². The Bertz CT molecular complexity index is 531. The van der Waals surface area contributed by atoms with Gasteiger partial charge < -0.3 is 4.74 Å². The fourth-order valence-electron chi connectivity index (χ4n) is 1.39. The highest BCUT2D eigenvalue weighted by molar-refractivity contribution is 6.16. The molecule has 2 rings (SSSR count). The molecule has 88 valence electrons. The van der Waals surface area contributed by atoms with Crippen LogP contribution in [-0.4, -0.2) is 4.98 Å². The molecule has 1 aromatic heterocycles. The highest BCUT2D eigenvalue weighted by Gasteiger charge is 2.03. The first-order valence-electron chi connectivity index (χ1n) is 5.15. The number of rotatable bonds is 3. The van der Waals surface area contributed by atoms with Crippen molar-refractivity contribution >= 4 is 11.6 Å². The zero-order valence-corrected chi connectivity index (χ0v) is 10.0. The van der Waals surface area contributed by atoms with Crippen molar-refractivity contribution in [2.45, 2.75) is 12.8 Å². The van der Waals surface area contributed by atoms with Crippen LogP contribution in [0.4, 0.5) is 4.39 Å². The van der Waals surface area contributed by atoms with Gasteiger partial charge in [0.15, 0.2) is 0 Å². The molecule has 0 atom stereocenters. The van der Waals surface area contributed by atoms with Crippen molar-refractivity contribution in [1.82, 2.24) is 4.98 Å². The van der Waals surface area contributed by atoms with Crippen LogP contribution in [0.15, 0.2) is 36.4 Å². The van der Waals surface area contributed by atoms with Crippen LogP contribution in [0.5, 0.6) is 11.6 Å². The molecular formula is C13H11ClFNO. The lowest BCUT2D eigenvalue weighted by Crippen LogP contribution is -1.92. The molecular weight excluding hydrogens is 241 g/mol. The molecule has 0 aliphatic carbocycles. The minimum Gasteiger partial charge on any atom is -0.439 e. The third-order valence-electron chi connectivity index (χ3n) is 2.27. The number of alkyl halides is 1. The summed E-state index contributed by atoms with van der Waals surface area (Å²) in [6.07, 6.45) is 0. The second kappa shape index (κ2) is 5.15. The number of hydrogen-bond donors (Lipinski definition) is 0. The Kier molecular flexibility index (Phi) is 3.59. The van der Waals surface area contributed by atoms with Crippen LogP contribution in [0.2, 0.25) is 0 Å². The lowest BCUT2D eigenvalue weighted by atomic mass is 10.2. The van der Waals surface area contributed by atoms with Crippen LogP contribution in [0.25, 0.3) is 0 Å². The molecule has 0 saturated carbocycles. The third kappa shape index (κ3) is 2.94. The molecule has 0 spiro atoms. The number of hydrogen-bond acceptors (Lipinski definition) is 2. The maximum absolute atomic E-state index is 13.1. The average Bonchev–Trinajstić information content (AvgIpc) is 2.34. The summed E-state index contributed by atoms with van der Waals surface area (Å²) in [5, 5.41) is 0. The Balaban J connectivity index is 2.22. The van der Waals surface area contributed by atoms with Gasteiger partial charge in [-0.05, 0) is 36.8 Å². The molecule has 2 aromatic rings. The molecule has 2 nitrogen and oxygen atoms in total. The van der Waals surface area contributed by atoms with Gasteiger partial charge in [0.25, 0.3) is 0 Å². The molecule has 17 heavy (non-hydrogen) atoms. The van der Waals surface area contributed by atoms with E-state index in [-0.39, 0.29) is 5.82 Å². The maximum Gasteiger partial charge on any atom is 0.219 e. The van der Waals surface area contributed by atoms with Crippen molar-refractivity contribution in [2.75, 3.05) is 0 Å². The zero-order chi connectivity index (χ0) is 12.3. The van der Waals surface area contributed by atoms with Crippen LogP contribution in [-0.2, 0) is 5.88 Å². The highest BCUT2D eigenvalue weighted by Crippen LogP contribution is 2.22. The van der Waals surface area contributed by atoms with Gasteiger partial charge in [-0.25, -0.2) is 9.37 Å². The predicted molar refractivity (Wildman–Crippen MR) is 65.0 cm³/mol. The van der Waals surface area contributed by atoms with Crippen molar-refractivity contribution < 1.29 is 9.13 Å². The third-order valence-corrected chi connectivity index (χ3v) is 2.54. The first kappa shape index (κ1) is 11.9. The normalized spacial score (nSPS) is 10.3. The number of pyridine rings is 1. The Morgan fingerprint density at radius 2 is 2.12 bits per heavy atom. The predicted octanol–water partition coefficient (Wildman–Crippen LogP) is 4.06. The number of aryl methyl sites for hydroxylation is 1. The number of ether oxygens (including phenoxy) is 1. The number of benzene rings is 1. The Labute approximate surface area is 104 Å². The van der Waals surface area contributed by atoms with E-state index in [0.717, 1.165) is 5.69 Å². The fourth-order valence-corrected chi connectivity index (χ4v) is 1.54. The van der Waals surface area contributed by atoms with E-state index in [9.17, 15) is 4.39 Å². The summed E-state index contributed by atoms with van der Waals surface area (Å²) in [7, 11) is 0. The lowest BCUT2D eigenvalue weighted by Gasteiger charge is -2.06. The summed E-state index contributed by atoms with van der Waals surface area (Å²) in [5.41, 5.74) is 1.28. The summed E-state index contributed by atoms with van der Waals surface area (Å²) in [5.74, 6) is 1.09. The molecule has 0 aliphatic rings. The molecule has 4 heteroatoms. The van der Waals surface area contributed by atoms with E-state index in [1.807, 2.05) is 12.1 Å². The maximum atomic E-state index is 13.1. The Morgan fingerprint density at radius 3 is 2.82 bits per heavy atom. The van der Waals surface area contributed by atoms with Gasteiger partial charge in [-0.2, -0.15) is 0 Å². The smallest absolute Gasteiger partial charge is 0.219 e. The van der Waals surface area contributed by atoms with Gasteiger partial charge in [0, 0.05) is 6.07 Å². The second-order valence-electron chi connectivity index (χ2n) is 3.61. The molecule has 0 saturated heterocycles. The summed E-state index contributed by atoms with van der Waals surface area (Å²) in [6.45, 7) is 1.69. The fraction of sp³-hybridized carbons (Fsp3) is 0.154. The number of aromatic nitrogens is 1. The zero-order valence-electron chi connectivity index (χ0n) is 9.28. The van der Waals surface area contributed by atoms with E-state index >= 15 is 0 Å². The molecule has 0 aliphatic heterocycles. The minimum absolute atomic E-state index is 0.250. The van der Waals surface area contributed by atoms with Crippen molar-refractivity contribution in [3.63, 3.8) is 0 Å².